The molecule has 6 nitrogen and oxygen atoms in total. The quantitative estimate of drug-likeness (QED) is 0.542. The van der Waals surface area contributed by atoms with Gasteiger partial charge in [0.15, 0.2) is 0 Å². The highest BCUT2D eigenvalue weighted by molar-refractivity contribution is 5.89. The largest absolute Gasteiger partial charge is 0.350 e. The lowest BCUT2D eigenvalue weighted by Crippen LogP contribution is -2.24. The Bertz CT molecular complexity index is 533. The number of imidazole rings is 1. The number of H-pyrrole nitrogens is 1. The van der Waals surface area contributed by atoms with Crippen LogP contribution in [0.25, 0.3) is 11.4 Å². The first kappa shape index (κ1) is 10.9. The number of nitrogens with one attached hydrogen (secondary N) is 2. The Balaban J connectivity index is 2.28. The van der Waals surface area contributed by atoms with Crippen LogP contribution in [0.2, 0.25) is 0 Å². The SMILES string of the molecule is NC(=O)NN=Cc1ccccc1-c1ncc[nH]1. The summed E-state index contributed by atoms with van der Waals surface area (Å²) in [6, 6.07) is 6.85. The first-order chi connectivity index (χ1) is 8.27. The predicted octanol–water partition coefficient (Wildman–Crippen LogP) is 1.08. The number of primary amides is 1. The normalized spacial score (nSPS) is 10.6. The number of amides is 2. The maximum absolute atomic E-state index is 10.5. The molecule has 6 heteroatoms. The highest BCUT2D eigenvalue weighted by Gasteiger charge is 2.03. The number of nitrogens with two attached hydrogens (primary N) is 1. The van der Waals surface area contributed by atoms with Gasteiger partial charge in [-0.15, -0.1) is 0 Å². The Morgan fingerprint density at radius 1 is 1.47 bits per heavy atom. The van der Waals surface area contributed by atoms with Crippen molar-refractivity contribution >= 4 is 12.2 Å². The summed E-state index contributed by atoms with van der Waals surface area (Å²) in [6.45, 7) is 0. The number of hydrogen-bond donors (Lipinski definition) is 3. The van der Waals surface area contributed by atoms with Gasteiger partial charge in [0.25, 0.3) is 0 Å². The Kier molecular flexibility index (Phi) is 3.15. The van der Waals surface area contributed by atoms with Crippen LogP contribution in [-0.4, -0.2) is 22.2 Å². The van der Waals surface area contributed by atoms with Gasteiger partial charge in [-0.05, 0) is 0 Å². The molecule has 0 aliphatic carbocycles. The second-order valence-corrected chi connectivity index (χ2v) is 3.26. The molecule has 17 heavy (non-hydrogen) atoms. The van der Waals surface area contributed by atoms with Gasteiger partial charge in [0.05, 0.1) is 6.21 Å². The van der Waals surface area contributed by atoms with E-state index in [0.717, 1.165) is 17.0 Å². The highest BCUT2D eigenvalue weighted by Crippen LogP contribution is 2.17. The third kappa shape index (κ3) is 2.69. The van der Waals surface area contributed by atoms with E-state index in [1.54, 1.807) is 12.4 Å². The number of aromatic amines is 1. The van der Waals surface area contributed by atoms with Gasteiger partial charge in [-0.3, -0.25) is 0 Å². The van der Waals surface area contributed by atoms with Gasteiger partial charge >= 0.3 is 6.03 Å². The van der Waals surface area contributed by atoms with E-state index in [9.17, 15) is 4.79 Å². The summed E-state index contributed by atoms with van der Waals surface area (Å²) < 4.78 is 0. The summed E-state index contributed by atoms with van der Waals surface area (Å²) in [5.41, 5.74) is 8.78. The van der Waals surface area contributed by atoms with Crippen molar-refractivity contribution < 1.29 is 4.79 Å². The fourth-order valence-electron chi connectivity index (χ4n) is 1.40. The second-order valence-electron chi connectivity index (χ2n) is 3.26. The minimum absolute atomic E-state index is 0.697. The van der Waals surface area contributed by atoms with E-state index in [1.807, 2.05) is 24.3 Å². The van der Waals surface area contributed by atoms with Crippen molar-refractivity contribution in [2.45, 2.75) is 0 Å². The summed E-state index contributed by atoms with van der Waals surface area (Å²) >= 11 is 0. The summed E-state index contributed by atoms with van der Waals surface area (Å²) in [5.74, 6) is 0.742. The molecule has 0 saturated heterocycles. The van der Waals surface area contributed by atoms with Crippen LogP contribution in [0.15, 0.2) is 41.8 Å². The summed E-state index contributed by atoms with van der Waals surface area (Å²) in [4.78, 5) is 17.7. The van der Waals surface area contributed by atoms with Gasteiger partial charge in [0.2, 0.25) is 0 Å². The lowest BCUT2D eigenvalue weighted by Gasteiger charge is -2.01. The van der Waals surface area contributed by atoms with Crippen LogP contribution < -0.4 is 11.2 Å². The number of benzene rings is 1. The zero-order chi connectivity index (χ0) is 12.1. The van der Waals surface area contributed by atoms with E-state index >= 15 is 0 Å². The highest BCUT2D eigenvalue weighted by atomic mass is 16.2. The molecule has 1 aromatic heterocycles. The van der Waals surface area contributed by atoms with E-state index < -0.39 is 6.03 Å². The van der Waals surface area contributed by atoms with Crippen molar-refractivity contribution in [2.75, 3.05) is 0 Å². The van der Waals surface area contributed by atoms with Crippen LogP contribution in [0, 0.1) is 0 Å². The average molecular weight is 229 g/mol. The van der Waals surface area contributed by atoms with E-state index in [0.29, 0.717) is 0 Å². The molecule has 2 amide bonds. The maximum Gasteiger partial charge on any atom is 0.332 e. The molecule has 0 fully saturated rings. The zero-order valence-corrected chi connectivity index (χ0v) is 8.92. The fourth-order valence-corrected chi connectivity index (χ4v) is 1.40. The van der Waals surface area contributed by atoms with Crippen LogP contribution >= 0.6 is 0 Å². The third-order valence-corrected chi connectivity index (χ3v) is 2.09. The van der Waals surface area contributed by atoms with E-state index in [1.165, 1.54) is 6.21 Å². The minimum Gasteiger partial charge on any atom is -0.350 e. The Hall–Kier alpha value is -2.63. The summed E-state index contributed by atoms with van der Waals surface area (Å²) in [6.07, 6.45) is 4.93. The predicted molar refractivity (Wildman–Crippen MR) is 64.3 cm³/mol. The number of hydrogen-bond acceptors (Lipinski definition) is 3. The van der Waals surface area contributed by atoms with E-state index in [4.69, 9.17) is 5.73 Å². The monoisotopic (exact) mass is 229 g/mol. The molecule has 0 radical (unpaired) electrons. The number of aromatic nitrogens is 2. The molecule has 0 atom stereocenters. The number of carbonyl (C=O) groups excluding carboxylic acids is 1. The van der Waals surface area contributed by atoms with Crippen molar-refractivity contribution in [1.29, 1.82) is 0 Å². The zero-order valence-electron chi connectivity index (χ0n) is 8.92. The molecule has 2 aromatic rings. The van der Waals surface area contributed by atoms with Crippen molar-refractivity contribution in [3.05, 3.63) is 42.2 Å². The van der Waals surface area contributed by atoms with Crippen LogP contribution in [0.5, 0.6) is 0 Å². The molecule has 1 heterocycles. The fraction of sp³-hybridized carbons (Fsp3) is 0. The van der Waals surface area contributed by atoms with Gasteiger partial charge in [0, 0.05) is 23.5 Å². The first-order valence-electron chi connectivity index (χ1n) is 4.94. The molecule has 0 unspecified atom stereocenters. The van der Waals surface area contributed by atoms with Crippen LogP contribution in [0.4, 0.5) is 4.79 Å². The number of carbonyl (C=O) groups is 1. The van der Waals surface area contributed by atoms with Crippen LogP contribution in [-0.2, 0) is 0 Å². The van der Waals surface area contributed by atoms with Crippen LogP contribution in [0.3, 0.4) is 0 Å². The summed E-state index contributed by atoms with van der Waals surface area (Å²) in [5, 5.41) is 3.72. The van der Waals surface area contributed by atoms with Crippen molar-refractivity contribution in [2.24, 2.45) is 10.8 Å². The number of rotatable bonds is 3. The molecule has 1 aromatic carbocycles. The molecule has 0 bridgehead atoms. The van der Waals surface area contributed by atoms with Gasteiger partial charge in [-0.1, -0.05) is 24.3 Å². The molecule has 0 aliphatic rings. The van der Waals surface area contributed by atoms with E-state index in [2.05, 4.69) is 20.5 Å². The molecular weight excluding hydrogens is 218 g/mol. The molecule has 2 rings (SSSR count). The Morgan fingerprint density at radius 3 is 3.00 bits per heavy atom. The number of nitrogens with zero attached hydrogens (tertiary/aromatic N) is 2. The molecule has 0 aliphatic heterocycles. The smallest absolute Gasteiger partial charge is 0.332 e. The third-order valence-electron chi connectivity index (χ3n) is 2.09. The number of urea groups is 1. The second kappa shape index (κ2) is 4.93. The molecular formula is C11H11N5O. The van der Waals surface area contributed by atoms with Gasteiger partial charge in [0.1, 0.15) is 5.82 Å². The Morgan fingerprint density at radius 2 is 2.29 bits per heavy atom. The standard InChI is InChI=1S/C11H11N5O/c12-11(17)16-15-7-8-3-1-2-4-9(8)10-13-5-6-14-10/h1-7H,(H,13,14)(H3,12,16,17). The molecule has 0 saturated carbocycles. The van der Waals surface area contributed by atoms with E-state index in [-0.39, 0.29) is 0 Å². The topological polar surface area (TPSA) is 96.2 Å². The average Bonchev–Trinajstić information content (AvgIpc) is 2.82. The van der Waals surface area contributed by atoms with Gasteiger partial charge in [-0.25, -0.2) is 15.2 Å². The van der Waals surface area contributed by atoms with Crippen molar-refractivity contribution in [3.63, 3.8) is 0 Å². The molecule has 4 N–H and O–H groups in total. The first-order valence-corrected chi connectivity index (χ1v) is 4.94. The van der Waals surface area contributed by atoms with Crippen molar-refractivity contribution in [1.82, 2.24) is 15.4 Å². The number of hydrazone groups is 1. The lowest BCUT2D eigenvalue weighted by atomic mass is 10.1. The Labute approximate surface area is 97.6 Å². The van der Waals surface area contributed by atoms with Gasteiger partial charge in [-0.2, -0.15) is 5.10 Å². The maximum atomic E-state index is 10.5. The van der Waals surface area contributed by atoms with Crippen LogP contribution in [0.1, 0.15) is 5.56 Å². The molecule has 86 valence electrons. The lowest BCUT2D eigenvalue weighted by molar-refractivity contribution is 0.249. The summed E-state index contributed by atoms with van der Waals surface area (Å²) in [7, 11) is 0. The molecule has 0 spiro atoms. The minimum atomic E-state index is -0.697. The van der Waals surface area contributed by atoms with Gasteiger partial charge < -0.3 is 10.7 Å². The van der Waals surface area contributed by atoms with Crippen molar-refractivity contribution in [3.8, 4) is 11.4 Å².